The van der Waals surface area contributed by atoms with E-state index in [9.17, 15) is 10.2 Å². The maximum atomic E-state index is 10.2. The lowest BCUT2D eigenvalue weighted by molar-refractivity contribution is -0.0669. The minimum atomic E-state index is -1.17. The molecule has 0 aliphatic rings. The standard InChI is InChI=1S/C14H22O4/c1-4-14(2,16)13(15)11-7-5-6-8-12(11)18-10-9-17-3/h5-8,13,15-16H,4,9-10H2,1-3H3. The van der Waals surface area contributed by atoms with Crippen LogP contribution >= 0.6 is 0 Å². The molecule has 0 bridgehead atoms. The Morgan fingerprint density at radius 2 is 1.94 bits per heavy atom. The summed E-state index contributed by atoms with van der Waals surface area (Å²) in [6.45, 7) is 4.34. The van der Waals surface area contributed by atoms with Gasteiger partial charge in [-0.3, -0.25) is 0 Å². The Kier molecular flexibility index (Phi) is 5.59. The van der Waals surface area contributed by atoms with Crippen LogP contribution in [0, 0.1) is 0 Å². The zero-order chi connectivity index (χ0) is 13.6. The van der Waals surface area contributed by atoms with Crippen molar-refractivity contribution in [2.75, 3.05) is 20.3 Å². The zero-order valence-electron chi connectivity index (χ0n) is 11.2. The first kappa shape index (κ1) is 15.0. The number of ether oxygens (including phenoxy) is 2. The molecule has 0 aliphatic carbocycles. The fourth-order valence-corrected chi connectivity index (χ4v) is 1.60. The van der Waals surface area contributed by atoms with E-state index in [1.54, 1.807) is 26.2 Å². The van der Waals surface area contributed by atoms with Gasteiger partial charge in [0.2, 0.25) is 0 Å². The molecule has 0 heterocycles. The van der Waals surface area contributed by atoms with Crippen molar-refractivity contribution in [1.82, 2.24) is 0 Å². The molecule has 0 saturated carbocycles. The molecule has 18 heavy (non-hydrogen) atoms. The normalized spacial score (nSPS) is 16.1. The highest BCUT2D eigenvalue weighted by molar-refractivity contribution is 5.36. The Morgan fingerprint density at radius 1 is 1.28 bits per heavy atom. The van der Waals surface area contributed by atoms with Gasteiger partial charge in [-0.25, -0.2) is 0 Å². The molecule has 102 valence electrons. The van der Waals surface area contributed by atoms with E-state index in [0.29, 0.717) is 30.9 Å². The average Bonchev–Trinajstić information content (AvgIpc) is 2.39. The van der Waals surface area contributed by atoms with Crippen molar-refractivity contribution in [2.24, 2.45) is 0 Å². The lowest BCUT2D eigenvalue weighted by atomic mass is 9.90. The number of para-hydroxylation sites is 1. The Balaban J connectivity index is 2.87. The van der Waals surface area contributed by atoms with Gasteiger partial charge < -0.3 is 19.7 Å². The molecule has 1 aromatic rings. The van der Waals surface area contributed by atoms with Crippen molar-refractivity contribution in [3.8, 4) is 5.75 Å². The number of rotatable bonds is 7. The molecule has 4 nitrogen and oxygen atoms in total. The molecule has 0 radical (unpaired) electrons. The molecule has 0 saturated heterocycles. The van der Waals surface area contributed by atoms with Crippen LogP contribution in [0.1, 0.15) is 31.9 Å². The van der Waals surface area contributed by atoms with E-state index in [2.05, 4.69) is 0 Å². The second kappa shape index (κ2) is 6.73. The number of hydrogen-bond donors (Lipinski definition) is 2. The highest BCUT2D eigenvalue weighted by Crippen LogP contribution is 2.33. The van der Waals surface area contributed by atoms with Crippen molar-refractivity contribution < 1.29 is 19.7 Å². The zero-order valence-corrected chi connectivity index (χ0v) is 11.2. The fourth-order valence-electron chi connectivity index (χ4n) is 1.60. The lowest BCUT2D eigenvalue weighted by Crippen LogP contribution is -2.32. The number of aliphatic hydroxyl groups is 2. The average molecular weight is 254 g/mol. The van der Waals surface area contributed by atoms with E-state index in [0.717, 1.165) is 0 Å². The molecule has 0 aliphatic heterocycles. The molecule has 0 amide bonds. The third-order valence-electron chi connectivity index (χ3n) is 3.06. The van der Waals surface area contributed by atoms with Crippen LogP contribution in [0.15, 0.2) is 24.3 Å². The molecule has 1 rings (SSSR count). The van der Waals surface area contributed by atoms with E-state index in [4.69, 9.17) is 9.47 Å². The van der Waals surface area contributed by atoms with Crippen molar-refractivity contribution >= 4 is 0 Å². The monoisotopic (exact) mass is 254 g/mol. The maximum absolute atomic E-state index is 10.2. The van der Waals surface area contributed by atoms with Gasteiger partial charge in [-0.2, -0.15) is 0 Å². The van der Waals surface area contributed by atoms with Crippen LogP contribution < -0.4 is 4.74 Å². The van der Waals surface area contributed by atoms with Crippen LogP contribution in [0.5, 0.6) is 5.75 Å². The minimum absolute atomic E-state index is 0.411. The van der Waals surface area contributed by atoms with Crippen molar-refractivity contribution in [2.45, 2.75) is 32.0 Å². The topological polar surface area (TPSA) is 58.9 Å². The second-order valence-corrected chi connectivity index (χ2v) is 4.49. The largest absolute Gasteiger partial charge is 0.491 e. The molecule has 2 unspecified atom stereocenters. The molecular formula is C14H22O4. The minimum Gasteiger partial charge on any atom is -0.491 e. The quantitative estimate of drug-likeness (QED) is 0.730. The Bertz CT molecular complexity index is 363. The third kappa shape index (κ3) is 3.70. The summed E-state index contributed by atoms with van der Waals surface area (Å²) in [6.07, 6.45) is -0.512. The number of aliphatic hydroxyl groups excluding tert-OH is 1. The number of methoxy groups -OCH3 is 1. The smallest absolute Gasteiger partial charge is 0.125 e. The Hall–Kier alpha value is -1.10. The second-order valence-electron chi connectivity index (χ2n) is 4.49. The number of hydrogen-bond acceptors (Lipinski definition) is 4. The van der Waals surface area contributed by atoms with Crippen LogP contribution in [0.4, 0.5) is 0 Å². The van der Waals surface area contributed by atoms with Crippen LogP contribution in [0.25, 0.3) is 0 Å². The predicted molar refractivity (Wildman–Crippen MR) is 69.7 cm³/mol. The van der Waals surface area contributed by atoms with E-state index >= 15 is 0 Å². The van der Waals surface area contributed by atoms with Crippen LogP contribution in [0.2, 0.25) is 0 Å². The van der Waals surface area contributed by atoms with Crippen LogP contribution in [-0.2, 0) is 4.74 Å². The van der Waals surface area contributed by atoms with Gasteiger partial charge in [-0.05, 0) is 19.4 Å². The molecule has 0 aromatic heterocycles. The first-order valence-electron chi connectivity index (χ1n) is 6.14. The summed E-state index contributed by atoms with van der Waals surface area (Å²) >= 11 is 0. The Labute approximate surface area is 108 Å². The van der Waals surface area contributed by atoms with Crippen molar-refractivity contribution in [3.05, 3.63) is 29.8 Å². The SMILES string of the molecule is CCC(C)(O)C(O)c1ccccc1OCCOC. The summed E-state index contributed by atoms with van der Waals surface area (Å²) in [5.74, 6) is 0.579. The molecule has 2 N–H and O–H groups in total. The highest BCUT2D eigenvalue weighted by atomic mass is 16.5. The van der Waals surface area contributed by atoms with E-state index < -0.39 is 11.7 Å². The molecule has 1 aromatic carbocycles. The first-order valence-corrected chi connectivity index (χ1v) is 6.14. The van der Waals surface area contributed by atoms with Gasteiger partial charge in [0, 0.05) is 12.7 Å². The van der Waals surface area contributed by atoms with E-state index in [1.165, 1.54) is 0 Å². The number of benzene rings is 1. The lowest BCUT2D eigenvalue weighted by Gasteiger charge is -2.29. The third-order valence-corrected chi connectivity index (χ3v) is 3.06. The molecular weight excluding hydrogens is 232 g/mol. The van der Waals surface area contributed by atoms with Gasteiger partial charge in [0.1, 0.15) is 18.5 Å². The Morgan fingerprint density at radius 3 is 2.56 bits per heavy atom. The first-order chi connectivity index (χ1) is 8.53. The van der Waals surface area contributed by atoms with Crippen LogP contribution in [-0.4, -0.2) is 36.1 Å². The molecule has 2 atom stereocenters. The highest BCUT2D eigenvalue weighted by Gasteiger charge is 2.31. The summed E-state index contributed by atoms with van der Waals surface area (Å²) in [6, 6.07) is 7.18. The molecule has 0 spiro atoms. The van der Waals surface area contributed by atoms with Gasteiger partial charge in [0.15, 0.2) is 0 Å². The summed E-state index contributed by atoms with van der Waals surface area (Å²) in [7, 11) is 1.60. The predicted octanol–water partition coefficient (Wildman–Crippen LogP) is 1.91. The summed E-state index contributed by atoms with van der Waals surface area (Å²) in [5, 5.41) is 20.3. The van der Waals surface area contributed by atoms with Crippen LogP contribution in [0.3, 0.4) is 0 Å². The van der Waals surface area contributed by atoms with E-state index in [1.807, 2.05) is 19.1 Å². The molecule has 4 heteroatoms. The maximum Gasteiger partial charge on any atom is 0.125 e. The van der Waals surface area contributed by atoms with Gasteiger partial charge in [-0.1, -0.05) is 25.1 Å². The summed E-state index contributed by atoms with van der Waals surface area (Å²) < 4.78 is 10.5. The molecule has 0 fully saturated rings. The fraction of sp³-hybridized carbons (Fsp3) is 0.571. The van der Waals surface area contributed by atoms with Gasteiger partial charge in [-0.15, -0.1) is 0 Å². The summed E-state index contributed by atoms with van der Waals surface area (Å²) in [5.41, 5.74) is -0.568. The van der Waals surface area contributed by atoms with Gasteiger partial charge in [0.05, 0.1) is 12.2 Å². The van der Waals surface area contributed by atoms with Gasteiger partial charge in [0.25, 0.3) is 0 Å². The van der Waals surface area contributed by atoms with Crippen molar-refractivity contribution in [1.29, 1.82) is 0 Å². The van der Waals surface area contributed by atoms with Crippen molar-refractivity contribution in [3.63, 3.8) is 0 Å². The van der Waals surface area contributed by atoms with Gasteiger partial charge >= 0.3 is 0 Å². The van der Waals surface area contributed by atoms with E-state index in [-0.39, 0.29) is 0 Å². The summed E-state index contributed by atoms with van der Waals surface area (Å²) in [4.78, 5) is 0.